The van der Waals surface area contributed by atoms with Gasteiger partial charge in [-0.1, -0.05) is 15.9 Å². The summed E-state index contributed by atoms with van der Waals surface area (Å²) in [6.45, 7) is 2.46. The third-order valence-corrected chi connectivity index (χ3v) is 5.06. The molecule has 22 heavy (non-hydrogen) atoms. The smallest absolute Gasteiger partial charge is 0.161 e. The topological polar surface area (TPSA) is 57.0 Å². The first-order valence-electron chi connectivity index (χ1n) is 7.50. The third kappa shape index (κ3) is 3.93. The molecule has 6 heteroatoms. The van der Waals surface area contributed by atoms with Crippen LogP contribution < -0.4 is 15.2 Å². The first kappa shape index (κ1) is 17.5. The Hall–Kier alpha value is -0.820. The van der Waals surface area contributed by atoms with E-state index in [1.54, 1.807) is 21.3 Å². The van der Waals surface area contributed by atoms with Crippen LogP contribution >= 0.6 is 15.9 Å². The maximum absolute atomic E-state index is 5.95. The zero-order chi connectivity index (χ0) is 16.1. The molecule has 5 nitrogen and oxygen atoms in total. The van der Waals surface area contributed by atoms with E-state index in [0.29, 0.717) is 18.7 Å². The summed E-state index contributed by atoms with van der Waals surface area (Å²) in [5.74, 6) is 1.48. The fraction of sp³-hybridized carbons (Fsp3) is 0.625. The van der Waals surface area contributed by atoms with Crippen LogP contribution in [0.2, 0.25) is 0 Å². The molecule has 1 aromatic rings. The van der Waals surface area contributed by atoms with Crippen molar-refractivity contribution in [2.24, 2.45) is 5.73 Å². The number of nitrogens with zero attached hydrogens (tertiary/aromatic N) is 1. The van der Waals surface area contributed by atoms with Crippen LogP contribution in [0.4, 0.5) is 0 Å². The summed E-state index contributed by atoms with van der Waals surface area (Å²) in [6.07, 6.45) is 2.34. The van der Waals surface area contributed by atoms with E-state index in [-0.39, 0.29) is 0 Å². The van der Waals surface area contributed by atoms with Gasteiger partial charge in [0, 0.05) is 37.3 Å². The minimum atomic E-state index is 0.318. The highest BCUT2D eigenvalue weighted by molar-refractivity contribution is 9.10. The van der Waals surface area contributed by atoms with Crippen LogP contribution in [-0.4, -0.2) is 51.5 Å². The number of piperidine rings is 1. The number of rotatable bonds is 6. The number of ether oxygens (including phenoxy) is 3. The van der Waals surface area contributed by atoms with Crippen LogP contribution in [-0.2, 0) is 11.3 Å². The van der Waals surface area contributed by atoms with Gasteiger partial charge in [-0.3, -0.25) is 4.90 Å². The third-order valence-electron chi connectivity index (χ3n) is 4.32. The van der Waals surface area contributed by atoms with Gasteiger partial charge in [-0.2, -0.15) is 0 Å². The Morgan fingerprint density at radius 2 is 1.91 bits per heavy atom. The molecular weight excluding hydrogens is 348 g/mol. The number of hydrogen-bond donors (Lipinski definition) is 1. The summed E-state index contributed by atoms with van der Waals surface area (Å²) in [5, 5.41) is 0. The molecular formula is C16H25BrN2O3. The Balaban J connectivity index is 2.15. The summed E-state index contributed by atoms with van der Waals surface area (Å²) >= 11 is 3.63. The molecule has 0 saturated carbocycles. The fourth-order valence-electron chi connectivity index (χ4n) is 2.97. The van der Waals surface area contributed by atoms with Crippen molar-refractivity contribution in [2.75, 3.05) is 34.4 Å². The molecule has 0 radical (unpaired) electrons. The fourth-order valence-corrected chi connectivity index (χ4v) is 3.41. The van der Waals surface area contributed by atoms with Gasteiger partial charge in [0.2, 0.25) is 0 Å². The lowest BCUT2D eigenvalue weighted by Gasteiger charge is -2.38. The van der Waals surface area contributed by atoms with Crippen LogP contribution in [0.25, 0.3) is 0 Å². The number of likely N-dealkylation sites (tertiary alicyclic amines) is 1. The molecule has 1 aliphatic heterocycles. The van der Waals surface area contributed by atoms with Crippen molar-refractivity contribution in [1.82, 2.24) is 4.90 Å². The van der Waals surface area contributed by atoms with Crippen LogP contribution in [0.1, 0.15) is 18.4 Å². The average molecular weight is 373 g/mol. The number of benzene rings is 1. The van der Waals surface area contributed by atoms with Crippen LogP contribution in [0, 0.1) is 0 Å². The second kappa shape index (κ2) is 8.15. The molecule has 1 aromatic carbocycles. The van der Waals surface area contributed by atoms with E-state index >= 15 is 0 Å². The average Bonchev–Trinajstić information content (AvgIpc) is 2.56. The van der Waals surface area contributed by atoms with E-state index in [1.807, 2.05) is 12.1 Å². The summed E-state index contributed by atoms with van der Waals surface area (Å²) in [4.78, 5) is 2.42. The summed E-state index contributed by atoms with van der Waals surface area (Å²) in [5.41, 5.74) is 7.12. The lowest BCUT2D eigenvalue weighted by molar-refractivity contribution is 0.0101. The van der Waals surface area contributed by atoms with Crippen molar-refractivity contribution in [2.45, 2.75) is 31.5 Å². The first-order chi connectivity index (χ1) is 10.6. The minimum absolute atomic E-state index is 0.318. The van der Waals surface area contributed by atoms with Gasteiger partial charge >= 0.3 is 0 Å². The zero-order valence-electron chi connectivity index (χ0n) is 13.5. The van der Waals surface area contributed by atoms with E-state index in [1.165, 1.54) is 5.56 Å². The molecule has 2 N–H and O–H groups in total. The molecule has 2 unspecified atom stereocenters. The Morgan fingerprint density at radius 1 is 1.23 bits per heavy atom. The van der Waals surface area contributed by atoms with Crippen LogP contribution in [0.3, 0.4) is 0 Å². The molecule has 1 saturated heterocycles. The standard InChI is InChI=1S/C16H25BrN2O3/c1-20-13-4-5-19(12(7-13)9-18)10-11-6-15(21-2)16(22-3)8-14(11)17/h6,8,12-13H,4-5,7,9-10,18H2,1-3H3. The quantitative estimate of drug-likeness (QED) is 0.830. The van der Waals surface area contributed by atoms with Crippen molar-refractivity contribution in [3.63, 3.8) is 0 Å². The van der Waals surface area contributed by atoms with E-state index in [9.17, 15) is 0 Å². The van der Waals surface area contributed by atoms with Crippen LogP contribution in [0.15, 0.2) is 16.6 Å². The van der Waals surface area contributed by atoms with Crippen LogP contribution in [0.5, 0.6) is 11.5 Å². The maximum Gasteiger partial charge on any atom is 0.161 e. The van der Waals surface area contributed by atoms with Gasteiger partial charge in [0.05, 0.1) is 20.3 Å². The van der Waals surface area contributed by atoms with Crippen molar-refractivity contribution >= 4 is 15.9 Å². The van der Waals surface area contributed by atoms with Crippen molar-refractivity contribution in [3.05, 3.63) is 22.2 Å². The highest BCUT2D eigenvalue weighted by atomic mass is 79.9. The molecule has 0 aromatic heterocycles. The Bertz CT molecular complexity index is 499. The lowest BCUT2D eigenvalue weighted by atomic mass is 9.98. The van der Waals surface area contributed by atoms with Gasteiger partial charge in [0.1, 0.15) is 0 Å². The van der Waals surface area contributed by atoms with E-state index in [0.717, 1.165) is 41.9 Å². The predicted molar refractivity (Wildman–Crippen MR) is 90.5 cm³/mol. The molecule has 1 heterocycles. The summed E-state index contributed by atoms with van der Waals surface area (Å²) in [6, 6.07) is 4.32. The maximum atomic E-state index is 5.95. The second-order valence-corrected chi connectivity index (χ2v) is 6.40. The molecule has 1 fully saturated rings. The van der Waals surface area contributed by atoms with Gasteiger partial charge in [-0.05, 0) is 30.5 Å². The SMILES string of the molecule is COc1cc(Br)c(CN2CCC(OC)CC2CN)cc1OC. The molecule has 0 bridgehead atoms. The van der Waals surface area contributed by atoms with Crippen molar-refractivity contribution < 1.29 is 14.2 Å². The Labute approximate surface area is 140 Å². The summed E-state index contributed by atoms with van der Waals surface area (Å²) in [7, 11) is 5.07. The summed E-state index contributed by atoms with van der Waals surface area (Å²) < 4.78 is 17.2. The zero-order valence-corrected chi connectivity index (χ0v) is 15.1. The number of methoxy groups -OCH3 is 3. The van der Waals surface area contributed by atoms with Crippen molar-refractivity contribution in [1.29, 1.82) is 0 Å². The number of halogens is 1. The lowest BCUT2D eigenvalue weighted by Crippen LogP contribution is -2.48. The molecule has 1 aliphatic rings. The first-order valence-corrected chi connectivity index (χ1v) is 8.29. The number of nitrogens with two attached hydrogens (primary N) is 1. The van der Waals surface area contributed by atoms with Gasteiger partial charge in [-0.25, -0.2) is 0 Å². The molecule has 0 aliphatic carbocycles. The largest absolute Gasteiger partial charge is 0.493 e. The molecule has 0 spiro atoms. The van der Waals surface area contributed by atoms with Gasteiger partial charge < -0.3 is 19.9 Å². The van der Waals surface area contributed by atoms with Gasteiger partial charge in [0.15, 0.2) is 11.5 Å². The molecule has 0 amide bonds. The minimum Gasteiger partial charge on any atom is -0.493 e. The van der Waals surface area contributed by atoms with E-state index < -0.39 is 0 Å². The molecule has 2 rings (SSSR count). The second-order valence-electron chi connectivity index (χ2n) is 5.54. The van der Waals surface area contributed by atoms with Gasteiger partial charge in [0.25, 0.3) is 0 Å². The highest BCUT2D eigenvalue weighted by Crippen LogP contribution is 2.34. The Kier molecular flexibility index (Phi) is 6.50. The molecule has 124 valence electrons. The van der Waals surface area contributed by atoms with E-state index in [4.69, 9.17) is 19.9 Å². The monoisotopic (exact) mass is 372 g/mol. The van der Waals surface area contributed by atoms with E-state index in [2.05, 4.69) is 20.8 Å². The Morgan fingerprint density at radius 3 is 2.50 bits per heavy atom. The normalized spacial score (nSPS) is 22.6. The molecule has 2 atom stereocenters. The van der Waals surface area contributed by atoms with Crippen molar-refractivity contribution in [3.8, 4) is 11.5 Å². The number of hydrogen-bond acceptors (Lipinski definition) is 5. The van der Waals surface area contributed by atoms with Gasteiger partial charge in [-0.15, -0.1) is 0 Å². The predicted octanol–water partition coefficient (Wildman–Crippen LogP) is 2.40. The highest BCUT2D eigenvalue weighted by Gasteiger charge is 2.28.